The van der Waals surface area contributed by atoms with E-state index in [1.165, 1.54) is 26.2 Å². The maximum atomic E-state index is 10.7. The van der Waals surface area contributed by atoms with Crippen molar-refractivity contribution in [2.24, 2.45) is 5.92 Å². The number of methoxy groups -OCH3 is 1. The molecule has 0 aliphatic carbocycles. The Hall–Kier alpha value is -2.22. The first-order chi connectivity index (χ1) is 7.99. The van der Waals surface area contributed by atoms with Gasteiger partial charge in [0, 0.05) is 6.07 Å². The SMILES string of the molecule is COc1cc(C#N)cc(CC(C)C(=O)O)c1O. The molecule has 5 nitrogen and oxygen atoms in total. The Balaban J connectivity index is 3.14. The number of nitrogens with zero attached hydrogens (tertiary/aromatic N) is 1. The first-order valence-electron chi connectivity index (χ1n) is 5.02. The minimum absolute atomic E-state index is 0.111. The summed E-state index contributed by atoms with van der Waals surface area (Å²) >= 11 is 0. The predicted molar refractivity (Wildman–Crippen MR) is 59.9 cm³/mol. The molecule has 0 saturated carbocycles. The van der Waals surface area contributed by atoms with E-state index in [0.29, 0.717) is 11.1 Å². The number of phenolic OH excluding ortho intramolecular Hbond substituents is 1. The lowest BCUT2D eigenvalue weighted by Gasteiger charge is -2.11. The fraction of sp³-hybridized carbons (Fsp3) is 0.333. The molecule has 0 fully saturated rings. The summed E-state index contributed by atoms with van der Waals surface area (Å²) in [5, 5.41) is 27.4. The predicted octanol–water partition coefficient (Wildman–Crippen LogP) is 1.54. The largest absolute Gasteiger partial charge is 0.504 e. The number of carboxylic acid groups (broad SMARTS) is 1. The number of rotatable bonds is 4. The number of carbonyl (C=O) groups is 1. The minimum Gasteiger partial charge on any atom is -0.504 e. The van der Waals surface area contributed by atoms with Crippen molar-refractivity contribution >= 4 is 5.97 Å². The molecule has 1 unspecified atom stereocenters. The number of phenols is 1. The second-order valence-electron chi connectivity index (χ2n) is 3.74. The molecule has 0 bridgehead atoms. The molecule has 90 valence electrons. The number of ether oxygens (including phenoxy) is 1. The zero-order valence-electron chi connectivity index (χ0n) is 9.60. The maximum Gasteiger partial charge on any atom is 0.306 e. The van der Waals surface area contributed by atoms with Crippen LogP contribution in [0.5, 0.6) is 11.5 Å². The normalized spacial score (nSPS) is 11.6. The van der Waals surface area contributed by atoms with Crippen LogP contribution in [0.3, 0.4) is 0 Å². The van der Waals surface area contributed by atoms with Gasteiger partial charge in [0.15, 0.2) is 11.5 Å². The van der Waals surface area contributed by atoms with E-state index in [1.807, 2.05) is 6.07 Å². The van der Waals surface area contributed by atoms with E-state index in [9.17, 15) is 9.90 Å². The Morgan fingerprint density at radius 3 is 2.71 bits per heavy atom. The highest BCUT2D eigenvalue weighted by atomic mass is 16.5. The van der Waals surface area contributed by atoms with Crippen LogP contribution < -0.4 is 4.74 Å². The molecule has 0 amide bonds. The molecule has 0 saturated heterocycles. The van der Waals surface area contributed by atoms with E-state index in [-0.39, 0.29) is 17.9 Å². The van der Waals surface area contributed by atoms with Crippen LogP contribution in [-0.2, 0) is 11.2 Å². The monoisotopic (exact) mass is 235 g/mol. The van der Waals surface area contributed by atoms with Crippen LogP contribution in [0.4, 0.5) is 0 Å². The number of hydrogen-bond acceptors (Lipinski definition) is 4. The minimum atomic E-state index is -0.953. The molecule has 0 spiro atoms. The van der Waals surface area contributed by atoms with Crippen molar-refractivity contribution in [1.29, 1.82) is 5.26 Å². The first kappa shape index (κ1) is 12.8. The maximum absolute atomic E-state index is 10.7. The summed E-state index contributed by atoms with van der Waals surface area (Å²) in [7, 11) is 1.38. The van der Waals surface area contributed by atoms with Gasteiger partial charge in [-0.15, -0.1) is 0 Å². The van der Waals surface area contributed by atoms with Crippen LogP contribution >= 0.6 is 0 Å². The van der Waals surface area contributed by atoms with Gasteiger partial charge >= 0.3 is 5.97 Å². The van der Waals surface area contributed by atoms with E-state index in [1.54, 1.807) is 0 Å². The van der Waals surface area contributed by atoms with Gasteiger partial charge in [0.25, 0.3) is 0 Å². The highest BCUT2D eigenvalue weighted by Crippen LogP contribution is 2.32. The van der Waals surface area contributed by atoms with Gasteiger partial charge in [-0.05, 0) is 18.1 Å². The highest BCUT2D eigenvalue weighted by Gasteiger charge is 2.17. The standard InChI is InChI=1S/C12H13NO4/c1-7(12(15)16)3-9-4-8(6-13)5-10(17-2)11(9)14/h4-5,7,14H,3H2,1-2H3,(H,15,16). The fourth-order valence-electron chi connectivity index (χ4n) is 1.46. The van der Waals surface area contributed by atoms with Crippen molar-refractivity contribution in [2.45, 2.75) is 13.3 Å². The second-order valence-corrected chi connectivity index (χ2v) is 3.74. The Kier molecular flexibility index (Phi) is 3.94. The Labute approximate surface area is 98.9 Å². The third-order valence-electron chi connectivity index (χ3n) is 2.45. The van der Waals surface area contributed by atoms with E-state index < -0.39 is 11.9 Å². The summed E-state index contributed by atoms with van der Waals surface area (Å²) in [6.45, 7) is 1.54. The van der Waals surface area contributed by atoms with Gasteiger partial charge in [-0.25, -0.2) is 0 Å². The Morgan fingerprint density at radius 1 is 1.59 bits per heavy atom. The van der Waals surface area contributed by atoms with E-state index in [4.69, 9.17) is 15.1 Å². The van der Waals surface area contributed by atoms with Gasteiger partial charge in [-0.2, -0.15) is 5.26 Å². The molecule has 17 heavy (non-hydrogen) atoms. The number of hydrogen-bond donors (Lipinski definition) is 2. The quantitative estimate of drug-likeness (QED) is 0.825. The molecule has 1 rings (SSSR count). The smallest absolute Gasteiger partial charge is 0.306 e. The molecule has 0 radical (unpaired) electrons. The number of benzene rings is 1. The summed E-state index contributed by atoms with van der Waals surface area (Å²) in [6, 6.07) is 4.81. The lowest BCUT2D eigenvalue weighted by Crippen LogP contribution is -2.12. The van der Waals surface area contributed by atoms with Crippen molar-refractivity contribution in [3.8, 4) is 17.6 Å². The van der Waals surface area contributed by atoms with Crippen molar-refractivity contribution < 1.29 is 19.7 Å². The fourth-order valence-corrected chi connectivity index (χ4v) is 1.46. The molecule has 0 aliphatic heterocycles. The molecule has 0 heterocycles. The van der Waals surface area contributed by atoms with Crippen LogP contribution in [0.2, 0.25) is 0 Å². The third-order valence-corrected chi connectivity index (χ3v) is 2.45. The Bertz CT molecular complexity index is 476. The molecule has 1 aromatic rings. The van der Waals surface area contributed by atoms with Crippen LogP contribution in [0.1, 0.15) is 18.1 Å². The van der Waals surface area contributed by atoms with Gasteiger partial charge < -0.3 is 14.9 Å². The molecule has 2 N–H and O–H groups in total. The molecule has 0 aromatic heterocycles. The van der Waals surface area contributed by atoms with E-state index in [0.717, 1.165) is 0 Å². The van der Waals surface area contributed by atoms with Crippen molar-refractivity contribution in [1.82, 2.24) is 0 Å². The lowest BCUT2D eigenvalue weighted by molar-refractivity contribution is -0.141. The van der Waals surface area contributed by atoms with Crippen LogP contribution in [0.25, 0.3) is 0 Å². The van der Waals surface area contributed by atoms with Crippen molar-refractivity contribution in [2.75, 3.05) is 7.11 Å². The number of aromatic hydroxyl groups is 1. The molecule has 0 aliphatic rings. The second kappa shape index (κ2) is 5.21. The lowest BCUT2D eigenvalue weighted by atomic mass is 9.98. The molecular formula is C12H13NO4. The van der Waals surface area contributed by atoms with Crippen LogP contribution in [0, 0.1) is 17.2 Å². The highest BCUT2D eigenvalue weighted by molar-refractivity contribution is 5.70. The molecule has 1 atom stereocenters. The summed E-state index contributed by atoms with van der Waals surface area (Å²) in [6.07, 6.45) is 0.146. The molecule has 1 aromatic carbocycles. The molecule has 5 heteroatoms. The zero-order chi connectivity index (χ0) is 13.0. The van der Waals surface area contributed by atoms with Crippen molar-refractivity contribution in [3.05, 3.63) is 23.3 Å². The average Bonchev–Trinajstić information content (AvgIpc) is 2.31. The van der Waals surface area contributed by atoms with Gasteiger partial charge in [0.2, 0.25) is 0 Å². The summed E-state index contributed by atoms with van der Waals surface area (Å²) < 4.78 is 4.92. The third kappa shape index (κ3) is 2.88. The Morgan fingerprint density at radius 2 is 2.24 bits per heavy atom. The zero-order valence-corrected chi connectivity index (χ0v) is 9.60. The molecular weight excluding hydrogens is 222 g/mol. The van der Waals surface area contributed by atoms with Gasteiger partial charge in [-0.1, -0.05) is 6.92 Å². The summed E-state index contributed by atoms with van der Waals surface area (Å²) in [5.41, 5.74) is 0.725. The van der Waals surface area contributed by atoms with Crippen LogP contribution in [-0.4, -0.2) is 23.3 Å². The van der Waals surface area contributed by atoms with Gasteiger partial charge in [0.05, 0.1) is 24.7 Å². The first-order valence-corrected chi connectivity index (χ1v) is 5.02. The van der Waals surface area contributed by atoms with E-state index >= 15 is 0 Å². The number of nitriles is 1. The number of carboxylic acids is 1. The van der Waals surface area contributed by atoms with Crippen LogP contribution in [0.15, 0.2) is 12.1 Å². The number of aliphatic carboxylic acids is 1. The topological polar surface area (TPSA) is 90.5 Å². The van der Waals surface area contributed by atoms with E-state index in [2.05, 4.69) is 0 Å². The summed E-state index contributed by atoms with van der Waals surface area (Å²) in [5.74, 6) is -1.53. The summed E-state index contributed by atoms with van der Waals surface area (Å²) in [4.78, 5) is 10.7. The van der Waals surface area contributed by atoms with Crippen molar-refractivity contribution in [3.63, 3.8) is 0 Å². The average molecular weight is 235 g/mol. The van der Waals surface area contributed by atoms with Gasteiger partial charge in [0.1, 0.15) is 0 Å². The van der Waals surface area contributed by atoms with Gasteiger partial charge in [-0.3, -0.25) is 4.79 Å².